The van der Waals surface area contributed by atoms with E-state index in [1.165, 1.54) is 16.3 Å². The Morgan fingerprint density at radius 1 is 0.767 bits per heavy atom. The quantitative estimate of drug-likeness (QED) is 0.234. The van der Waals surface area contributed by atoms with Crippen LogP contribution in [0, 0.1) is 0 Å². The summed E-state index contributed by atoms with van der Waals surface area (Å²) in [4.78, 5) is 0. The Balaban J connectivity index is 1.52. The molecule has 0 aliphatic carbocycles. The van der Waals surface area contributed by atoms with Crippen LogP contribution in [0.1, 0.15) is 18.4 Å². The van der Waals surface area contributed by atoms with Gasteiger partial charge in [0.15, 0.2) is 6.54 Å². The first-order valence-electron chi connectivity index (χ1n) is 10.4. The van der Waals surface area contributed by atoms with Gasteiger partial charge in [-0.05, 0) is 50.7 Å². The van der Waals surface area contributed by atoms with Crippen molar-refractivity contribution in [1.29, 1.82) is 0 Å². The maximum absolute atomic E-state index is 6.30. The van der Waals surface area contributed by atoms with Crippen LogP contribution >= 0.6 is 0 Å². The van der Waals surface area contributed by atoms with Gasteiger partial charge in [0.2, 0.25) is 5.27 Å². The molecule has 2 N–H and O–H groups in total. The van der Waals surface area contributed by atoms with Crippen molar-refractivity contribution in [2.24, 2.45) is 0 Å². The van der Waals surface area contributed by atoms with Gasteiger partial charge in [0.1, 0.15) is 0 Å². The van der Waals surface area contributed by atoms with E-state index in [2.05, 4.69) is 90.2 Å². The summed E-state index contributed by atoms with van der Waals surface area (Å²) in [5, 5.41) is 8.95. The summed E-state index contributed by atoms with van der Waals surface area (Å²) < 4.78 is 7.38. The number of aromatic nitrogens is 2. The molecule has 4 aromatic carbocycles. The molecule has 0 aliphatic rings. The van der Waals surface area contributed by atoms with Gasteiger partial charge in [0.25, 0.3) is 0 Å². The summed E-state index contributed by atoms with van der Waals surface area (Å²) >= 11 is 0. The second kappa shape index (κ2) is 7.99. The highest BCUT2D eigenvalue weighted by Gasteiger charge is 2.28. The van der Waals surface area contributed by atoms with Crippen LogP contribution in [0.2, 0.25) is 0 Å². The van der Waals surface area contributed by atoms with Gasteiger partial charge in [-0.2, -0.15) is 0 Å². The lowest BCUT2D eigenvalue weighted by Crippen LogP contribution is -2.37. The second-order valence-corrected chi connectivity index (χ2v) is 7.65. The van der Waals surface area contributed by atoms with Crippen LogP contribution in [0.4, 0.5) is 5.88 Å². The highest BCUT2D eigenvalue weighted by molar-refractivity contribution is 6.12. The summed E-state index contributed by atoms with van der Waals surface area (Å²) in [7, 11) is 0. The summed E-state index contributed by atoms with van der Waals surface area (Å²) in [5.41, 5.74) is 9.62. The fourth-order valence-electron chi connectivity index (χ4n) is 4.21. The van der Waals surface area contributed by atoms with Crippen LogP contribution in [0.15, 0.2) is 89.5 Å². The highest BCUT2D eigenvalue weighted by Crippen LogP contribution is 2.37. The number of nitrogens with zero attached hydrogens (tertiary/aromatic N) is 2. The zero-order chi connectivity index (χ0) is 20.3. The van der Waals surface area contributed by atoms with Crippen molar-refractivity contribution in [3.63, 3.8) is 0 Å². The summed E-state index contributed by atoms with van der Waals surface area (Å²) in [5.74, 6) is 0.361. The monoisotopic (exact) mass is 394 g/mol. The highest BCUT2D eigenvalue weighted by atomic mass is 16.5. The molecular formula is C26H24N3O+. The first kappa shape index (κ1) is 18.4. The average Bonchev–Trinajstić information content (AvgIpc) is 3.15. The Morgan fingerprint density at radius 2 is 1.40 bits per heavy atom. The topological polar surface area (TPSA) is 55.9 Å². The minimum atomic E-state index is 0.361. The Hall–Kier alpha value is -3.66. The number of anilines is 1. The molecule has 4 heteroatoms. The van der Waals surface area contributed by atoms with Crippen LogP contribution in [0.25, 0.3) is 32.8 Å². The second-order valence-electron chi connectivity index (χ2n) is 7.65. The van der Waals surface area contributed by atoms with E-state index in [0.717, 1.165) is 47.8 Å². The van der Waals surface area contributed by atoms with Crippen molar-refractivity contribution in [2.75, 3.05) is 5.73 Å². The number of hydrogen-bond donors (Lipinski definition) is 1. The SMILES string of the molecule is Nc1on[n+](CCCCc2ccccc2)c1-c1c2ccccc2cc2ccccc12. The van der Waals surface area contributed by atoms with Crippen molar-refractivity contribution >= 4 is 27.4 Å². The number of unbranched alkanes of at least 4 members (excludes halogenated alkanes) is 1. The standard InChI is InChI=1S/C26H24N3O/c27-26-25(29(28-30-26)17-9-8-12-19-10-2-1-3-11-19)24-22-15-6-4-13-20(22)18-21-14-5-7-16-23(21)24/h1-7,10-11,13-16,18H,8-9,12,17,27H2/q+1. The van der Waals surface area contributed by atoms with E-state index in [1.54, 1.807) is 0 Å². The first-order chi connectivity index (χ1) is 14.8. The third-order valence-corrected chi connectivity index (χ3v) is 5.67. The number of nitrogen functional groups attached to an aromatic ring is 1. The molecule has 0 saturated heterocycles. The van der Waals surface area contributed by atoms with Crippen LogP contribution < -0.4 is 10.4 Å². The molecule has 5 aromatic rings. The summed E-state index contributed by atoms with van der Waals surface area (Å²) in [6, 6.07) is 29.6. The van der Waals surface area contributed by atoms with Gasteiger partial charge in [0, 0.05) is 6.42 Å². The van der Waals surface area contributed by atoms with Gasteiger partial charge in [-0.15, -0.1) is 0 Å². The minimum Gasteiger partial charge on any atom is -0.362 e. The van der Waals surface area contributed by atoms with Gasteiger partial charge in [0.05, 0.1) is 5.56 Å². The Labute approximate surface area is 175 Å². The van der Waals surface area contributed by atoms with Crippen LogP contribution in [0.3, 0.4) is 0 Å². The van der Waals surface area contributed by atoms with E-state index in [0.29, 0.717) is 5.88 Å². The third kappa shape index (κ3) is 3.41. The van der Waals surface area contributed by atoms with E-state index in [9.17, 15) is 0 Å². The molecule has 0 atom stereocenters. The van der Waals surface area contributed by atoms with Crippen LogP contribution in [-0.4, -0.2) is 5.27 Å². The molecule has 1 heterocycles. The molecule has 0 bridgehead atoms. The summed E-state index contributed by atoms with van der Waals surface area (Å²) in [6.45, 7) is 0.764. The van der Waals surface area contributed by atoms with E-state index < -0.39 is 0 Å². The van der Waals surface area contributed by atoms with Crippen molar-refractivity contribution in [3.05, 3.63) is 90.5 Å². The molecule has 5 rings (SSSR count). The first-order valence-corrected chi connectivity index (χ1v) is 10.4. The number of rotatable bonds is 6. The van der Waals surface area contributed by atoms with E-state index in [4.69, 9.17) is 10.3 Å². The molecule has 30 heavy (non-hydrogen) atoms. The predicted molar refractivity (Wildman–Crippen MR) is 121 cm³/mol. The van der Waals surface area contributed by atoms with Crippen molar-refractivity contribution < 1.29 is 9.20 Å². The van der Waals surface area contributed by atoms with E-state index in [-0.39, 0.29) is 0 Å². The molecule has 0 amide bonds. The van der Waals surface area contributed by atoms with Gasteiger partial charge >= 0.3 is 11.6 Å². The maximum Gasteiger partial charge on any atom is 0.305 e. The lowest BCUT2D eigenvalue weighted by Gasteiger charge is -2.08. The fourth-order valence-corrected chi connectivity index (χ4v) is 4.21. The molecule has 0 fully saturated rings. The minimum absolute atomic E-state index is 0.361. The maximum atomic E-state index is 6.30. The summed E-state index contributed by atoms with van der Waals surface area (Å²) in [6.07, 6.45) is 3.14. The van der Waals surface area contributed by atoms with Crippen LogP contribution in [-0.2, 0) is 13.0 Å². The smallest absolute Gasteiger partial charge is 0.305 e. The van der Waals surface area contributed by atoms with Crippen LogP contribution in [0.5, 0.6) is 0 Å². The molecule has 0 saturated carbocycles. The molecule has 0 spiro atoms. The van der Waals surface area contributed by atoms with Gasteiger partial charge in [-0.3, -0.25) is 4.52 Å². The Kier molecular flexibility index (Phi) is 4.89. The predicted octanol–water partition coefficient (Wildman–Crippen LogP) is 5.54. The van der Waals surface area contributed by atoms with Gasteiger partial charge < -0.3 is 5.73 Å². The van der Waals surface area contributed by atoms with Crippen molar-refractivity contribution in [2.45, 2.75) is 25.8 Å². The number of hydrogen-bond acceptors (Lipinski definition) is 3. The lowest BCUT2D eigenvalue weighted by molar-refractivity contribution is -0.753. The molecule has 0 unspecified atom stereocenters. The molecule has 0 radical (unpaired) electrons. The number of aryl methyl sites for hydroxylation is 2. The average molecular weight is 394 g/mol. The lowest BCUT2D eigenvalue weighted by atomic mass is 9.94. The largest absolute Gasteiger partial charge is 0.362 e. The Bertz CT molecular complexity index is 1250. The number of benzene rings is 4. The fraction of sp³-hybridized carbons (Fsp3) is 0.154. The zero-order valence-electron chi connectivity index (χ0n) is 16.8. The molecule has 148 valence electrons. The van der Waals surface area contributed by atoms with Gasteiger partial charge in [-0.25, -0.2) is 0 Å². The van der Waals surface area contributed by atoms with Crippen molar-refractivity contribution in [3.8, 4) is 11.3 Å². The molecule has 0 aliphatic heterocycles. The van der Waals surface area contributed by atoms with Gasteiger partial charge in [-0.1, -0.05) is 78.9 Å². The molecule has 1 aromatic heterocycles. The normalized spacial score (nSPS) is 11.3. The molecular weight excluding hydrogens is 370 g/mol. The number of fused-ring (bicyclic) bond motifs is 2. The Morgan fingerprint density at radius 3 is 2.10 bits per heavy atom. The third-order valence-electron chi connectivity index (χ3n) is 5.67. The number of nitrogens with two attached hydrogens (primary N) is 1. The van der Waals surface area contributed by atoms with E-state index >= 15 is 0 Å². The van der Waals surface area contributed by atoms with E-state index in [1.807, 2.05) is 4.68 Å². The van der Waals surface area contributed by atoms with Crippen molar-refractivity contribution in [1.82, 2.24) is 5.27 Å². The zero-order valence-corrected chi connectivity index (χ0v) is 16.8. The molecule has 4 nitrogen and oxygen atoms in total.